The molecule has 0 N–H and O–H groups in total. The van der Waals surface area contributed by atoms with Gasteiger partial charge in [-0.05, 0) is 322 Å². The number of pyridine rings is 1. The van der Waals surface area contributed by atoms with Gasteiger partial charge in [-0.2, -0.15) is 0 Å². The molecule has 0 fully saturated rings. The summed E-state index contributed by atoms with van der Waals surface area (Å²) in [5.74, 6) is 0. The molecule has 129 heavy (non-hydrogen) atoms. The van der Waals surface area contributed by atoms with Gasteiger partial charge in [0.2, 0.25) is 0 Å². The molecule has 0 aliphatic heterocycles. The summed E-state index contributed by atoms with van der Waals surface area (Å²) in [6, 6.07) is 109. The molecule has 23 aromatic rings. The van der Waals surface area contributed by atoms with E-state index in [0.717, 1.165) is 16.9 Å². The maximum atomic E-state index is 6.63. The molecule has 3 nitrogen and oxygen atoms in total. The molecule has 0 radical (unpaired) electrons. The van der Waals surface area contributed by atoms with Crippen molar-refractivity contribution in [1.82, 2.24) is 9.55 Å². The molecular weight excluding hydrogens is 1570 g/mol. The van der Waals surface area contributed by atoms with E-state index in [0.29, 0.717) is 0 Å². The molecule has 3 heterocycles. The van der Waals surface area contributed by atoms with Crippen molar-refractivity contribution in [3.8, 4) is 72.6 Å². The van der Waals surface area contributed by atoms with E-state index in [9.17, 15) is 0 Å². The number of hydrogen-bond donors (Lipinski definition) is 0. The molecular formula is C125H104N2OSi. The first-order chi connectivity index (χ1) is 61.8. The molecule has 0 amide bonds. The zero-order chi connectivity index (χ0) is 88.4. The lowest BCUT2D eigenvalue weighted by molar-refractivity contribution is 0.591. The van der Waals surface area contributed by atoms with Crippen molar-refractivity contribution in [2.24, 2.45) is 0 Å². The van der Waals surface area contributed by atoms with Crippen LogP contribution in [0.15, 0.2) is 290 Å². The molecule has 0 bridgehead atoms. The minimum atomic E-state index is -1.45. The third-order valence-electron chi connectivity index (χ3n) is 31.2. The first-order valence-corrected chi connectivity index (χ1v) is 50.0. The number of rotatable bonds is 4. The first-order valence-electron chi connectivity index (χ1n) is 46.5. The molecule has 0 saturated heterocycles. The van der Waals surface area contributed by atoms with E-state index in [4.69, 9.17) is 9.40 Å². The van der Waals surface area contributed by atoms with Gasteiger partial charge in [-0.3, -0.25) is 4.98 Å². The quantitative estimate of drug-likeness (QED) is 0.130. The number of furan rings is 1. The molecule has 0 atom stereocenters. The van der Waals surface area contributed by atoms with Crippen molar-refractivity contribution >= 4 is 154 Å². The molecule has 4 aliphatic carbocycles. The fourth-order valence-electron chi connectivity index (χ4n) is 24.8. The molecule has 20 aromatic carbocycles. The maximum Gasteiger partial charge on any atom is 0.136 e. The number of para-hydroxylation sites is 1. The van der Waals surface area contributed by atoms with Crippen LogP contribution in [0.25, 0.3) is 213 Å². The Bertz CT molecular complexity index is 8940. The summed E-state index contributed by atoms with van der Waals surface area (Å²) >= 11 is 0. The minimum Gasteiger partial charge on any atom is -0.456 e. The number of benzene rings is 20. The molecule has 3 aromatic heterocycles. The highest BCUT2D eigenvalue weighted by Gasteiger charge is 2.44. The zero-order valence-electron chi connectivity index (χ0n) is 77.4. The second kappa shape index (κ2) is 26.4. The average Bonchev–Trinajstić information content (AvgIpc) is 1.55. The standard InChI is InChI=1S/C45H32O.C43H37N.C37H35NSi/c1-25-11-9-13-27(19-25)31-22-36-42-30-16-6-8-18-39(30)46-40(42)24-34-32(28-14-10-12-26(2)20-28)21-35-41-29-15-5-7-17-37(29)45(3,4)38(41)23-33(31)43(35)44(34)36;1-24-9-8-10-29(19-24)44-37-23-28(42(3,4)5)14-17-30(37)35-22-27-12-15-31-38-26(13-16-32(39(27)38)41(35)44)21-34-33-20-25(2)11-18-36(33)43(6,7)40(31)34;1-20-9-15-28-35(38-20)34-25-14-11-21-17-29-33(26-19-23(39(6,7)8)12-16-27(26)36(29,2)3)24-13-10-22(32(25)31(21)24)18-30(34)37(28,4)5/h5-24H,1-4H3;8-23H,1-7H3;9-19H,1-8H3. The number of fused-ring (bicyclic) bond motifs is 24. The largest absolute Gasteiger partial charge is 0.456 e. The summed E-state index contributed by atoms with van der Waals surface area (Å²) in [7, 11) is -1.45. The lowest BCUT2D eigenvalue weighted by Crippen LogP contribution is -2.37. The lowest BCUT2D eigenvalue weighted by atomic mass is 9.78. The van der Waals surface area contributed by atoms with Crippen LogP contribution in [0.5, 0.6) is 0 Å². The normalized spacial score (nSPS) is 14.9. The Hall–Kier alpha value is -13.5. The summed E-state index contributed by atoms with van der Waals surface area (Å²) in [5, 5.41) is 30.7. The van der Waals surface area contributed by atoms with Gasteiger partial charge < -0.3 is 8.98 Å². The molecule has 4 heteroatoms. The van der Waals surface area contributed by atoms with Crippen LogP contribution in [0.3, 0.4) is 0 Å². The molecule has 624 valence electrons. The molecule has 0 spiro atoms. The van der Waals surface area contributed by atoms with Crippen LogP contribution in [0.2, 0.25) is 19.6 Å². The van der Waals surface area contributed by atoms with Crippen LogP contribution in [0, 0.1) is 34.6 Å². The number of aromatic nitrogens is 2. The number of nitrogens with zero attached hydrogens (tertiary/aromatic N) is 2. The van der Waals surface area contributed by atoms with Crippen LogP contribution >= 0.6 is 0 Å². The van der Waals surface area contributed by atoms with E-state index in [1.54, 1.807) is 0 Å². The van der Waals surface area contributed by atoms with Gasteiger partial charge in [0.05, 0.1) is 24.8 Å². The fraction of sp³-hybridized carbons (Fsp3) is 0.192. The summed E-state index contributed by atoms with van der Waals surface area (Å²) < 4.78 is 9.16. The van der Waals surface area contributed by atoms with Crippen molar-refractivity contribution in [3.63, 3.8) is 0 Å². The van der Waals surface area contributed by atoms with Gasteiger partial charge in [-0.1, -0.05) is 324 Å². The van der Waals surface area contributed by atoms with Gasteiger partial charge in [-0.25, -0.2) is 0 Å². The second-order valence-corrected chi connectivity index (χ2v) is 47.9. The summed E-state index contributed by atoms with van der Waals surface area (Å²) in [4.78, 5) is 5.12. The SMILES string of the molecule is Cc1ccc2c(n1)-c1c(cc3ccc4c5c(cc6ccc1c3c64)C(C)(C)c1ccc([Si](C)(C)C)cc1-5)C2(C)C.Cc1cccc(-c2cc3c4c(cc5c(-c6cccc(C)c6)cc6c7c(cc2c6c53)C(C)(C)c2ccccc2-7)oc2ccccc24)c1.Cc1cccc(-n2c3cc(C(C)(C)C)ccc3c3cc4ccc5c6c(cc7ccc(c4c75)c32)-c2cc(C)ccc2C6(C)C)c1. The molecule has 0 unspecified atom stereocenters. The molecule has 4 aliphatic rings. The molecule has 27 rings (SSSR count). The maximum absolute atomic E-state index is 6.63. The zero-order valence-corrected chi connectivity index (χ0v) is 78.4. The summed E-state index contributed by atoms with van der Waals surface area (Å²) in [6.07, 6.45) is 0. The minimum absolute atomic E-state index is 0.0151. The van der Waals surface area contributed by atoms with Crippen molar-refractivity contribution < 1.29 is 4.42 Å². The highest BCUT2D eigenvalue weighted by molar-refractivity contribution is 6.88. The smallest absolute Gasteiger partial charge is 0.136 e. The van der Waals surface area contributed by atoms with Crippen LogP contribution in [-0.4, -0.2) is 17.6 Å². The van der Waals surface area contributed by atoms with Gasteiger partial charge in [0.1, 0.15) is 11.2 Å². The van der Waals surface area contributed by atoms with Crippen molar-refractivity contribution in [1.29, 1.82) is 0 Å². The first kappa shape index (κ1) is 77.8. The number of aryl methyl sites for hydroxylation is 5. The second-order valence-electron chi connectivity index (χ2n) is 42.8. The Kier molecular flexibility index (Phi) is 15.9. The van der Waals surface area contributed by atoms with E-state index in [-0.39, 0.29) is 27.1 Å². The Morgan fingerprint density at radius 1 is 0.302 bits per heavy atom. The Labute approximate surface area is 755 Å². The fourth-order valence-corrected chi connectivity index (χ4v) is 25.9. The van der Waals surface area contributed by atoms with Gasteiger partial charge >= 0.3 is 0 Å². The third kappa shape index (κ3) is 10.8. The Morgan fingerprint density at radius 2 is 0.837 bits per heavy atom. The van der Waals surface area contributed by atoms with Gasteiger partial charge in [0.15, 0.2) is 0 Å². The van der Waals surface area contributed by atoms with Crippen LogP contribution < -0.4 is 5.19 Å². The van der Waals surface area contributed by atoms with E-state index in [1.165, 1.54) is 280 Å². The highest BCUT2D eigenvalue weighted by atomic mass is 28.3. The predicted octanol–water partition coefficient (Wildman–Crippen LogP) is 34.1. The van der Waals surface area contributed by atoms with Gasteiger partial charge in [-0.15, -0.1) is 0 Å². The van der Waals surface area contributed by atoms with Crippen LogP contribution in [0.4, 0.5) is 0 Å². The highest BCUT2D eigenvalue weighted by Crippen LogP contribution is 2.62. The predicted molar refractivity (Wildman–Crippen MR) is 556 cm³/mol. The van der Waals surface area contributed by atoms with E-state index < -0.39 is 8.07 Å². The molecule has 0 saturated carbocycles. The van der Waals surface area contributed by atoms with Crippen LogP contribution in [-0.2, 0) is 27.1 Å². The van der Waals surface area contributed by atoms with Crippen molar-refractivity contribution in [2.45, 2.75) is 157 Å². The van der Waals surface area contributed by atoms with Crippen LogP contribution in [0.1, 0.15) is 154 Å². The van der Waals surface area contributed by atoms with Gasteiger partial charge in [0, 0.05) is 65.5 Å². The van der Waals surface area contributed by atoms with Gasteiger partial charge in [0.25, 0.3) is 0 Å². The third-order valence-corrected chi connectivity index (χ3v) is 33.3. The Balaban J connectivity index is 0.000000105. The summed E-state index contributed by atoms with van der Waals surface area (Å²) in [6.45, 7) is 44.3. The lowest BCUT2D eigenvalue weighted by Gasteiger charge is -2.25. The van der Waals surface area contributed by atoms with Crippen molar-refractivity contribution in [2.75, 3.05) is 0 Å². The van der Waals surface area contributed by atoms with E-state index in [2.05, 4.69) is 420 Å². The number of hydrogen-bond acceptors (Lipinski definition) is 2. The summed E-state index contributed by atoms with van der Waals surface area (Å²) in [5.41, 5.74) is 40.4. The topological polar surface area (TPSA) is 31.0 Å². The van der Waals surface area contributed by atoms with E-state index in [1.807, 2.05) is 0 Å². The van der Waals surface area contributed by atoms with E-state index >= 15 is 0 Å². The Morgan fingerprint density at radius 3 is 1.53 bits per heavy atom. The van der Waals surface area contributed by atoms with Crippen molar-refractivity contribution in [3.05, 3.63) is 363 Å². The monoisotopic (exact) mass is 1680 g/mol. The average molecular weight is 1680 g/mol.